The normalized spacial score (nSPS) is 11.1. The molecule has 1 heterocycles. The van der Waals surface area contributed by atoms with Gasteiger partial charge in [0.2, 0.25) is 0 Å². The Bertz CT molecular complexity index is 405. The van der Waals surface area contributed by atoms with Crippen LogP contribution in [0.4, 0.5) is 0 Å². The van der Waals surface area contributed by atoms with Crippen LogP contribution in [-0.2, 0) is 22.7 Å². The van der Waals surface area contributed by atoms with Crippen LogP contribution in [0.15, 0.2) is 28.9 Å². The van der Waals surface area contributed by atoms with Crippen LogP contribution in [0.1, 0.15) is 11.1 Å². The number of methoxy groups -OCH3 is 2. The number of ether oxygens (including phenoxy) is 2. The van der Waals surface area contributed by atoms with Crippen LogP contribution in [0.3, 0.4) is 0 Å². The van der Waals surface area contributed by atoms with Crippen molar-refractivity contribution in [2.45, 2.75) is 13.2 Å². The molecule has 0 spiro atoms. The smallest absolute Gasteiger partial charge is 0.139 e. The van der Waals surface area contributed by atoms with E-state index in [9.17, 15) is 0 Å². The van der Waals surface area contributed by atoms with Crippen LogP contribution < -0.4 is 0 Å². The Labute approximate surface area is 88.6 Å². The summed E-state index contributed by atoms with van der Waals surface area (Å²) in [6, 6.07) is 6.03. The second-order valence-electron chi connectivity index (χ2n) is 3.41. The average molecular weight is 206 g/mol. The van der Waals surface area contributed by atoms with Crippen molar-refractivity contribution < 1.29 is 13.9 Å². The maximum Gasteiger partial charge on any atom is 0.139 e. The van der Waals surface area contributed by atoms with Gasteiger partial charge in [-0.1, -0.05) is 12.1 Å². The minimum atomic E-state index is 0.567. The van der Waals surface area contributed by atoms with E-state index in [4.69, 9.17) is 13.9 Å². The molecule has 0 aliphatic rings. The number of furan rings is 1. The summed E-state index contributed by atoms with van der Waals surface area (Å²) >= 11 is 0. The highest BCUT2D eigenvalue weighted by Gasteiger charge is 2.08. The van der Waals surface area contributed by atoms with Gasteiger partial charge in [-0.25, -0.2) is 0 Å². The molecule has 0 radical (unpaired) electrons. The van der Waals surface area contributed by atoms with Crippen molar-refractivity contribution >= 4 is 11.0 Å². The zero-order chi connectivity index (χ0) is 10.7. The van der Waals surface area contributed by atoms with Gasteiger partial charge in [0, 0.05) is 25.2 Å². The standard InChI is InChI=1S/C12H14O3/c1-13-7-9-3-4-10(8-14-2)12-11(9)5-6-15-12/h3-6H,7-8H2,1-2H3. The van der Waals surface area contributed by atoms with E-state index in [-0.39, 0.29) is 0 Å². The van der Waals surface area contributed by atoms with Crippen molar-refractivity contribution in [3.63, 3.8) is 0 Å². The molecule has 0 saturated heterocycles. The van der Waals surface area contributed by atoms with Gasteiger partial charge in [-0.05, 0) is 11.6 Å². The summed E-state index contributed by atoms with van der Waals surface area (Å²) in [6.45, 7) is 1.17. The van der Waals surface area contributed by atoms with Gasteiger partial charge < -0.3 is 13.9 Å². The van der Waals surface area contributed by atoms with Crippen LogP contribution in [0.2, 0.25) is 0 Å². The predicted octanol–water partition coefficient (Wildman–Crippen LogP) is 2.73. The summed E-state index contributed by atoms with van der Waals surface area (Å²) < 4.78 is 15.7. The summed E-state index contributed by atoms with van der Waals surface area (Å²) in [5.41, 5.74) is 3.10. The zero-order valence-corrected chi connectivity index (χ0v) is 8.95. The van der Waals surface area contributed by atoms with Crippen LogP contribution in [0, 0.1) is 0 Å². The Morgan fingerprint density at radius 1 is 1.00 bits per heavy atom. The highest BCUT2D eigenvalue weighted by molar-refractivity contribution is 5.83. The molecule has 0 bridgehead atoms. The van der Waals surface area contributed by atoms with E-state index in [2.05, 4.69) is 6.07 Å². The fraction of sp³-hybridized carbons (Fsp3) is 0.333. The molecule has 1 aromatic heterocycles. The topological polar surface area (TPSA) is 31.6 Å². The van der Waals surface area contributed by atoms with Crippen molar-refractivity contribution in [1.82, 2.24) is 0 Å². The second kappa shape index (κ2) is 4.47. The molecule has 0 saturated carbocycles. The van der Waals surface area contributed by atoms with E-state index < -0.39 is 0 Å². The maximum absolute atomic E-state index is 5.45. The lowest BCUT2D eigenvalue weighted by Crippen LogP contribution is -1.92. The Balaban J connectivity index is 2.50. The van der Waals surface area contributed by atoms with E-state index in [0.717, 1.165) is 22.1 Å². The highest BCUT2D eigenvalue weighted by Crippen LogP contribution is 2.25. The molecule has 15 heavy (non-hydrogen) atoms. The van der Waals surface area contributed by atoms with Crippen LogP contribution in [0.5, 0.6) is 0 Å². The Morgan fingerprint density at radius 3 is 2.40 bits per heavy atom. The van der Waals surface area contributed by atoms with Crippen molar-refractivity contribution in [3.8, 4) is 0 Å². The van der Waals surface area contributed by atoms with Crippen LogP contribution in [-0.4, -0.2) is 14.2 Å². The van der Waals surface area contributed by atoms with Crippen molar-refractivity contribution in [3.05, 3.63) is 35.6 Å². The van der Waals surface area contributed by atoms with Crippen molar-refractivity contribution in [2.75, 3.05) is 14.2 Å². The van der Waals surface area contributed by atoms with Crippen molar-refractivity contribution in [2.24, 2.45) is 0 Å². The molecule has 2 rings (SSSR count). The van der Waals surface area contributed by atoms with E-state index in [1.54, 1.807) is 20.5 Å². The Kier molecular flexibility index (Phi) is 3.04. The summed E-state index contributed by atoms with van der Waals surface area (Å²) in [6.07, 6.45) is 1.70. The van der Waals surface area contributed by atoms with Gasteiger partial charge in [0.25, 0.3) is 0 Å². The number of hydrogen-bond donors (Lipinski definition) is 0. The third-order valence-electron chi connectivity index (χ3n) is 2.39. The number of benzene rings is 1. The molecule has 0 aliphatic carbocycles. The molecule has 3 heteroatoms. The summed E-state index contributed by atoms with van der Waals surface area (Å²) in [7, 11) is 3.37. The Morgan fingerprint density at radius 2 is 1.67 bits per heavy atom. The van der Waals surface area contributed by atoms with Gasteiger partial charge in [0.15, 0.2) is 0 Å². The molecule has 0 amide bonds. The molecule has 3 nitrogen and oxygen atoms in total. The molecule has 0 N–H and O–H groups in total. The van der Waals surface area contributed by atoms with Gasteiger partial charge >= 0.3 is 0 Å². The minimum Gasteiger partial charge on any atom is -0.464 e. The monoisotopic (exact) mass is 206 g/mol. The number of fused-ring (bicyclic) bond motifs is 1. The van der Waals surface area contributed by atoms with E-state index >= 15 is 0 Å². The lowest BCUT2D eigenvalue weighted by Gasteiger charge is -2.05. The molecule has 0 fully saturated rings. The quantitative estimate of drug-likeness (QED) is 0.770. The number of hydrogen-bond acceptors (Lipinski definition) is 3. The lowest BCUT2D eigenvalue weighted by atomic mass is 10.1. The van der Waals surface area contributed by atoms with Gasteiger partial charge in [-0.2, -0.15) is 0 Å². The predicted molar refractivity (Wildman–Crippen MR) is 57.6 cm³/mol. The maximum atomic E-state index is 5.45. The van der Waals surface area contributed by atoms with E-state index in [1.165, 1.54) is 0 Å². The van der Waals surface area contributed by atoms with E-state index in [1.807, 2.05) is 12.1 Å². The van der Waals surface area contributed by atoms with Gasteiger partial charge in [0.1, 0.15) is 5.58 Å². The molecule has 0 atom stereocenters. The minimum absolute atomic E-state index is 0.567. The van der Waals surface area contributed by atoms with E-state index in [0.29, 0.717) is 13.2 Å². The first kappa shape index (κ1) is 10.2. The first-order chi connectivity index (χ1) is 7.36. The van der Waals surface area contributed by atoms with Crippen LogP contribution in [0.25, 0.3) is 11.0 Å². The SMILES string of the molecule is COCc1ccc(COC)c2occc12. The van der Waals surface area contributed by atoms with Gasteiger partial charge in [0.05, 0.1) is 19.5 Å². The first-order valence-electron chi connectivity index (χ1n) is 4.82. The molecular weight excluding hydrogens is 192 g/mol. The highest BCUT2D eigenvalue weighted by atomic mass is 16.5. The molecule has 1 aromatic carbocycles. The summed E-state index contributed by atoms with van der Waals surface area (Å²) in [5.74, 6) is 0. The summed E-state index contributed by atoms with van der Waals surface area (Å²) in [5, 5.41) is 1.10. The van der Waals surface area contributed by atoms with Crippen LogP contribution >= 0.6 is 0 Å². The fourth-order valence-electron chi connectivity index (χ4n) is 1.73. The fourth-order valence-corrected chi connectivity index (χ4v) is 1.73. The number of rotatable bonds is 4. The lowest BCUT2D eigenvalue weighted by molar-refractivity contribution is 0.183. The zero-order valence-electron chi connectivity index (χ0n) is 8.95. The van der Waals surface area contributed by atoms with Crippen molar-refractivity contribution in [1.29, 1.82) is 0 Å². The second-order valence-corrected chi connectivity index (χ2v) is 3.41. The van der Waals surface area contributed by atoms with Gasteiger partial charge in [-0.3, -0.25) is 0 Å². The molecule has 2 aromatic rings. The first-order valence-corrected chi connectivity index (χ1v) is 4.82. The third kappa shape index (κ3) is 1.89. The molecular formula is C12H14O3. The average Bonchev–Trinajstić information content (AvgIpc) is 2.71. The third-order valence-corrected chi connectivity index (χ3v) is 2.39. The molecule has 0 unspecified atom stereocenters. The largest absolute Gasteiger partial charge is 0.464 e. The summed E-state index contributed by atoms with van der Waals surface area (Å²) in [4.78, 5) is 0. The molecule has 0 aliphatic heterocycles. The Hall–Kier alpha value is -1.32. The molecule has 80 valence electrons. The van der Waals surface area contributed by atoms with Gasteiger partial charge in [-0.15, -0.1) is 0 Å².